The molecular formula is C20H21N5O2. The highest BCUT2D eigenvalue weighted by Gasteiger charge is 2.32. The lowest BCUT2D eigenvalue weighted by Gasteiger charge is -2.23. The maximum Gasteiger partial charge on any atom is 0.135 e. The number of fused-ring (bicyclic) bond motifs is 4. The molecule has 3 N–H and O–H groups in total. The number of nitrogens with zero attached hydrogens (tertiary/aromatic N) is 3. The van der Waals surface area contributed by atoms with E-state index in [-0.39, 0.29) is 12.6 Å². The van der Waals surface area contributed by atoms with Gasteiger partial charge in [0, 0.05) is 65.5 Å². The molecule has 0 spiro atoms. The van der Waals surface area contributed by atoms with Crippen LogP contribution in [0.15, 0.2) is 47.2 Å². The molecule has 4 heterocycles. The van der Waals surface area contributed by atoms with Gasteiger partial charge in [0.25, 0.3) is 0 Å². The number of likely N-dealkylation sites (N-methyl/N-ethyl adjacent to an activating group) is 1. The summed E-state index contributed by atoms with van der Waals surface area (Å²) in [7, 11) is 3.70. The van der Waals surface area contributed by atoms with Gasteiger partial charge in [-0.3, -0.25) is 0 Å². The number of methoxy groups -OCH3 is 1. The summed E-state index contributed by atoms with van der Waals surface area (Å²) in [5.41, 5.74) is 8.68. The monoisotopic (exact) mass is 363 g/mol. The molecule has 3 aromatic rings. The van der Waals surface area contributed by atoms with E-state index in [0.29, 0.717) is 6.54 Å². The van der Waals surface area contributed by atoms with Gasteiger partial charge in [0.05, 0.1) is 19.8 Å². The van der Waals surface area contributed by atoms with Crippen molar-refractivity contribution in [2.24, 2.45) is 4.99 Å². The highest BCUT2D eigenvalue weighted by molar-refractivity contribution is 5.97. The summed E-state index contributed by atoms with van der Waals surface area (Å²) in [6, 6.07) is 8.34. The van der Waals surface area contributed by atoms with Crippen molar-refractivity contribution >= 4 is 22.9 Å². The molecule has 0 saturated carbocycles. The van der Waals surface area contributed by atoms with E-state index in [2.05, 4.69) is 37.2 Å². The highest BCUT2D eigenvalue weighted by atomic mass is 16.5. The van der Waals surface area contributed by atoms with Gasteiger partial charge < -0.3 is 24.8 Å². The zero-order chi connectivity index (χ0) is 18.5. The first-order chi connectivity index (χ1) is 13.2. The Morgan fingerprint density at radius 2 is 2.19 bits per heavy atom. The van der Waals surface area contributed by atoms with Crippen LogP contribution in [0.4, 0.5) is 5.82 Å². The van der Waals surface area contributed by atoms with Crippen LogP contribution in [0.5, 0.6) is 5.75 Å². The molecule has 0 saturated heterocycles. The predicted molar refractivity (Wildman–Crippen MR) is 105 cm³/mol. The SMILES string of the molecule is COc1ccc2c(c1)c(-c1cc3c([nH]1)N=CC1=CNN(C)C13)cn2CCO. The van der Waals surface area contributed by atoms with Crippen molar-refractivity contribution in [3.63, 3.8) is 0 Å². The average molecular weight is 363 g/mol. The summed E-state index contributed by atoms with van der Waals surface area (Å²) in [6.07, 6.45) is 5.97. The van der Waals surface area contributed by atoms with E-state index in [4.69, 9.17) is 4.74 Å². The zero-order valence-electron chi connectivity index (χ0n) is 15.2. The summed E-state index contributed by atoms with van der Waals surface area (Å²) in [5.74, 6) is 1.69. The number of H-pyrrole nitrogens is 1. The number of hydrogen-bond donors (Lipinski definition) is 3. The average Bonchev–Trinajstić information content (AvgIpc) is 3.36. The number of aromatic amines is 1. The number of nitrogens with one attached hydrogen (secondary N) is 2. The maximum absolute atomic E-state index is 9.43. The normalized spacial score (nSPS) is 18.3. The quantitative estimate of drug-likeness (QED) is 0.666. The van der Waals surface area contributed by atoms with Crippen molar-refractivity contribution in [1.82, 2.24) is 20.0 Å². The van der Waals surface area contributed by atoms with Gasteiger partial charge in [-0.15, -0.1) is 0 Å². The van der Waals surface area contributed by atoms with Crippen molar-refractivity contribution in [3.8, 4) is 17.0 Å². The first-order valence-electron chi connectivity index (χ1n) is 8.93. The van der Waals surface area contributed by atoms with E-state index in [0.717, 1.165) is 44.9 Å². The standard InChI is InChI=1S/C20H21N5O2/c1-24-19-12(10-22-24)9-21-20-15(19)8-17(23-20)16-11-25(5-6-26)18-4-3-13(27-2)7-14(16)18/h3-4,7-11,19,22-23,26H,5-6H2,1-2H3. The van der Waals surface area contributed by atoms with Crippen molar-refractivity contribution in [3.05, 3.63) is 47.8 Å². The van der Waals surface area contributed by atoms with Gasteiger partial charge in [0.2, 0.25) is 0 Å². The number of hydrazine groups is 1. The highest BCUT2D eigenvalue weighted by Crippen LogP contribution is 2.42. The molecule has 0 fully saturated rings. The molecule has 2 aromatic heterocycles. The largest absolute Gasteiger partial charge is 0.497 e. The maximum atomic E-state index is 9.43. The fraction of sp³-hybridized carbons (Fsp3) is 0.250. The molecule has 0 bridgehead atoms. The molecule has 1 aromatic carbocycles. The smallest absolute Gasteiger partial charge is 0.135 e. The van der Waals surface area contributed by atoms with E-state index in [1.54, 1.807) is 7.11 Å². The molecule has 0 aliphatic carbocycles. The fourth-order valence-electron chi connectivity index (χ4n) is 4.02. The Bertz CT molecular complexity index is 1090. The Balaban J connectivity index is 1.68. The Hall–Kier alpha value is -3.03. The Morgan fingerprint density at radius 1 is 1.30 bits per heavy atom. The van der Waals surface area contributed by atoms with Crippen LogP contribution >= 0.6 is 0 Å². The van der Waals surface area contributed by atoms with Gasteiger partial charge >= 0.3 is 0 Å². The van der Waals surface area contributed by atoms with Crippen molar-refractivity contribution in [2.45, 2.75) is 12.6 Å². The van der Waals surface area contributed by atoms with Crippen molar-refractivity contribution in [1.29, 1.82) is 0 Å². The summed E-state index contributed by atoms with van der Waals surface area (Å²) in [5, 5.41) is 12.6. The van der Waals surface area contributed by atoms with E-state index in [1.165, 1.54) is 0 Å². The lowest BCUT2D eigenvalue weighted by Crippen LogP contribution is -2.29. The third-order valence-electron chi connectivity index (χ3n) is 5.32. The summed E-state index contributed by atoms with van der Waals surface area (Å²) >= 11 is 0. The molecule has 7 nitrogen and oxygen atoms in total. The van der Waals surface area contributed by atoms with E-state index < -0.39 is 0 Å². The lowest BCUT2D eigenvalue weighted by molar-refractivity contribution is 0.253. The first kappa shape index (κ1) is 16.2. The number of hydrogen-bond acceptors (Lipinski definition) is 5. The summed E-state index contributed by atoms with van der Waals surface area (Å²) in [4.78, 5) is 8.06. The van der Waals surface area contributed by atoms with Crippen LogP contribution in [0.1, 0.15) is 11.6 Å². The molecule has 5 rings (SSSR count). The fourth-order valence-corrected chi connectivity index (χ4v) is 4.02. The van der Waals surface area contributed by atoms with Crippen molar-refractivity contribution < 1.29 is 9.84 Å². The minimum atomic E-state index is 0.0907. The molecular weight excluding hydrogens is 342 g/mol. The van der Waals surface area contributed by atoms with Gasteiger partial charge in [-0.25, -0.2) is 10.0 Å². The van der Waals surface area contributed by atoms with Crippen LogP contribution in [-0.2, 0) is 6.54 Å². The van der Waals surface area contributed by atoms with Crippen LogP contribution in [0.25, 0.3) is 22.2 Å². The van der Waals surface area contributed by atoms with E-state index >= 15 is 0 Å². The predicted octanol–water partition coefficient (Wildman–Crippen LogP) is 2.73. The second-order valence-electron chi connectivity index (χ2n) is 6.87. The number of aromatic nitrogens is 2. The molecule has 7 heteroatoms. The molecule has 0 radical (unpaired) electrons. The zero-order valence-corrected chi connectivity index (χ0v) is 15.2. The lowest BCUT2D eigenvalue weighted by atomic mass is 10.00. The van der Waals surface area contributed by atoms with Crippen molar-refractivity contribution in [2.75, 3.05) is 20.8 Å². The van der Waals surface area contributed by atoms with Gasteiger partial charge in [-0.05, 0) is 24.3 Å². The van der Waals surface area contributed by atoms with Crippen LogP contribution in [-0.4, -0.2) is 46.6 Å². The number of aliphatic imine (C=N–C) groups is 1. The van der Waals surface area contributed by atoms with Crippen LogP contribution in [0, 0.1) is 0 Å². The third-order valence-corrected chi connectivity index (χ3v) is 5.32. The van der Waals surface area contributed by atoms with Gasteiger partial charge in [0.15, 0.2) is 0 Å². The van der Waals surface area contributed by atoms with Crippen LogP contribution in [0.2, 0.25) is 0 Å². The number of rotatable bonds is 4. The minimum Gasteiger partial charge on any atom is -0.497 e. The molecule has 138 valence electrons. The second-order valence-corrected chi connectivity index (χ2v) is 6.87. The Kier molecular flexibility index (Phi) is 3.60. The third kappa shape index (κ3) is 2.39. The second kappa shape index (κ2) is 6.00. The molecule has 2 aliphatic heterocycles. The molecule has 0 amide bonds. The number of ether oxygens (including phenoxy) is 1. The molecule has 27 heavy (non-hydrogen) atoms. The molecule has 1 unspecified atom stereocenters. The van der Waals surface area contributed by atoms with Gasteiger partial charge in [-0.2, -0.15) is 0 Å². The van der Waals surface area contributed by atoms with Gasteiger partial charge in [-0.1, -0.05) is 0 Å². The summed E-state index contributed by atoms with van der Waals surface area (Å²) in [6.45, 7) is 0.636. The molecule has 2 aliphatic rings. The van der Waals surface area contributed by atoms with Crippen LogP contribution < -0.4 is 10.2 Å². The number of aliphatic hydroxyl groups excluding tert-OH is 1. The first-order valence-corrected chi connectivity index (χ1v) is 8.93. The number of aliphatic hydroxyl groups is 1. The summed E-state index contributed by atoms with van der Waals surface area (Å²) < 4.78 is 7.49. The molecule has 1 atom stereocenters. The Morgan fingerprint density at radius 3 is 3.00 bits per heavy atom. The number of benzene rings is 1. The van der Waals surface area contributed by atoms with E-state index in [9.17, 15) is 5.11 Å². The van der Waals surface area contributed by atoms with E-state index in [1.807, 2.05) is 37.7 Å². The Labute approximate surface area is 156 Å². The van der Waals surface area contributed by atoms with Gasteiger partial charge in [0.1, 0.15) is 11.6 Å². The topological polar surface area (TPSA) is 77.8 Å². The minimum absolute atomic E-state index is 0.0907. The van der Waals surface area contributed by atoms with Crippen LogP contribution in [0.3, 0.4) is 0 Å².